The molecule has 1 saturated heterocycles. The molecule has 2 aliphatic rings. The van der Waals surface area contributed by atoms with Crippen LogP contribution in [0.1, 0.15) is 51.6 Å². The van der Waals surface area contributed by atoms with E-state index in [4.69, 9.17) is 4.74 Å². The number of methoxy groups -OCH3 is 1. The third kappa shape index (κ3) is 4.43. The Kier molecular flexibility index (Phi) is 5.95. The van der Waals surface area contributed by atoms with Crippen molar-refractivity contribution >= 4 is 27.7 Å². The predicted molar refractivity (Wildman–Crippen MR) is 120 cm³/mol. The monoisotopic (exact) mass is 468 g/mol. The molecule has 30 heavy (non-hydrogen) atoms. The van der Waals surface area contributed by atoms with Crippen molar-refractivity contribution in [2.75, 3.05) is 20.2 Å². The van der Waals surface area contributed by atoms with E-state index in [0.29, 0.717) is 35.8 Å². The number of ether oxygens (including phenoxy) is 1. The van der Waals surface area contributed by atoms with Crippen LogP contribution in [0, 0.1) is 5.92 Å². The molecule has 0 spiro atoms. The van der Waals surface area contributed by atoms with Crippen molar-refractivity contribution in [1.29, 1.82) is 0 Å². The second-order valence-corrected chi connectivity index (χ2v) is 8.89. The Morgan fingerprint density at radius 2 is 2.00 bits per heavy atom. The number of carbonyl (C=O) groups excluding carboxylic acids is 2. The smallest absolute Gasteiger partial charge is 0.254 e. The molecule has 6 heteroatoms. The van der Waals surface area contributed by atoms with Gasteiger partial charge < -0.3 is 15.0 Å². The molecule has 5 nitrogen and oxygen atoms in total. The van der Waals surface area contributed by atoms with Gasteiger partial charge in [-0.3, -0.25) is 9.59 Å². The van der Waals surface area contributed by atoms with Gasteiger partial charge in [-0.05, 0) is 77.0 Å². The number of hydrogen-bond donors (Lipinski definition) is 1. The highest BCUT2D eigenvalue weighted by molar-refractivity contribution is 9.10. The quantitative estimate of drug-likeness (QED) is 0.622. The first-order chi connectivity index (χ1) is 14.5. The summed E-state index contributed by atoms with van der Waals surface area (Å²) in [5.74, 6) is 1.11. The Morgan fingerprint density at radius 3 is 2.73 bits per heavy atom. The SMILES string of the molecule is C=C1C[C@H](c2cccc(C(=O)NCC3CC3)c2)N(C(=O)c2ccc(Br)c(OC)c2)C1. The summed E-state index contributed by atoms with van der Waals surface area (Å²) in [5.41, 5.74) is 3.14. The van der Waals surface area contributed by atoms with Crippen molar-refractivity contribution in [3.8, 4) is 5.75 Å². The number of carbonyl (C=O) groups is 2. The van der Waals surface area contributed by atoms with Gasteiger partial charge in [0.1, 0.15) is 5.75 Å². The summed E-state index contributed by atoms with van der Waals surface area (Å²) < 4.78 is 6.14. The first-order valence-corrected chi connectivity index (χ1v) is 10.9. The molecular formula is C24H25BrN2O3. The Bertz CT molecular complexity index is 1000. The molecule has 1 atom stereocenters. The van der Waals surface area contributed by atoms with Crippen molar-refractivity contribution < 1.29 is 14.3 Å². The van der Waals surface area contributed by atoms with Crippen LogP contribution in [0.2, 0.25) is 0 Å². The van der Waals surface area contributed by atoms with E-state index in [2.05, 4.69) is 27.8 Å². The molecule has 1 heterocycles. The van der Waals surface area contributed by atoms with E-state index in [1.165, 1.54) is 12.8 Å². The molecule has 0 bridgehead atoms. The molecule has 2 amide bonds. The highest BCUT2D eigenvalue weighted by Gasteiger charge is 2.33. The van der Waals surface area contributed by atoms with E-state index in [-0.39, 0.29) is 17.9 Å². The third-order valence-electron chi connectivity index (χ3n) is 5.69. The van der Waals surface area contributed by atoms with Gasteiger partial charge in [-0.2, -0.15) is 0 Å². The molecular weight excluding hydrogens is 444 g/mol. The van der Waals surface area contributed by atoms with E-state index in [1.54, 1.807) is 19.2 Å². The number of hydrogen-bond acceptors (Lipinski definition) is 3. The van der Waals surface area contributed by atoms with E-state index in [9.17, 15) is 9.59 Å². The summed E-state index contributed by atoms with van der Waals surface area (Å²) in [7, 11) is 1.58. The normalized spacial score (nSPS) is 18.4. The fraction of sp³-hybridized carbons (Fsp3) is 0.333. The summed E-state index contributed by atoms with van der Waals surface area (Å²) in [6, 6.07) is 12.8. The molecule has 2 aromatic carbocycles. The zero-order chi connectivity index (χ0) is 21.3. The fourth-order valence-electron chi connectivity index (χ4n) is 3.82. The molecule has 1 saturated carbocycles. The molecule has 0 unspecified atom stereocenters. The van der Waals surface area contributed by atoms with Crippen molar-refractivity contribution in [2.24, 2.45) is 5.92 Å². The molecule has 2 fully saturated rings. The zero-order valence-corrected chi connectivity index (χ0v) is 18.6. The minimum absolute atomic E-state index is 0.0592. The van der Waals surface area contributed by atoms with Crippen LogP contribution in [-0.4, -0.2) is 36.9 Å². The van der Waals surface area contributed by atoms with Crippen LogP contribution in [0.5, 0.6) is 5.75 Å². The van der Waals surface area contributed by atoms with E-state index >= 15 is 0 Å². The lowest BCUT2D eigenvalue weighted by Gasteiger charge is -2.25. The number of rotatable bonds is 6. The predicted octanol–water partition coefficient (Wildman–Crippen LogP) is 4.74. The molecule has 156 valence electrons. The summed E-state index contributed by atoms with van der Waals surface area (Å²) in [6.45, 7) is 5.35. The van der Waals surface area contributed by atoms with Gasteiger partial charge in [0.2, 0.25) is 0 Å². The lowest BCUT2D eigenvalue weighted by Crippen LogP contribution is -2.31. The van der Waals surface area contributed by atoms with Crippen LogP contribution >= 0.6 is 15.9 Å². The zero-order valence-electron chi connectivity index (χ0n) is 17.0. The van der Waals surface area contributed by atoms with Gasteiger partial charge >= 0.3 is 0 Å². The van der Waals surface area contributed by atoms with Crippen LogP contribution in [0.15, 0.2) is 59.1 Å². The van der Waals surface area contributed by atoms with Gasteiger partial charge in [0.15, 0.2) is 0 Å². The standard InChI is InChI=1S/C24H25BrN2O3/c1-15-10-21(17-4-3-5-18(11-17)23(28)26-13-16-6-7-16)27(14-15)24(29)19-8-9-20(25)22(12-19)30-2/h3-5,8-9,11-12,16,21H,1,6-7,10,13-14H2,2H3,(H,26,28)/t21-/m1/s1. The van der Waals surface area contributed by atoms with Crippen molar-refractivity contribution in [3.63, 3.8) is 0 Å². The summed E-state index contributed by atoms with van der Waals surface area (Å²) in [6.07, 6.45) is 3.08. The number of halogens is 1. The minimum atomic E-state index is -0.143. The topological polar surface area (TPSA) is 58.6 Å². The summed E-state index contributed by atoms with van der Waals surface area (Å²) >= 11 is 3.43. The van der Waals surface area contributed by atoms with Gasteiger partial charge in [-0.15, -0.1) is 0 Å². The Labute approximate surface area is 185 Å². The number of benzene rings is 2. The number of likely N-dealkylation sites (tertiary alicyclic amines) is 1. The summed E-state index contributed by atoms with van der Waals surface area (Å²) in [5, 5.41) is 3.01. The highest BCUT2D eigenvalue weighted by Crippen LogP contribution is 2.37. The molecule has 2 aromatic rings. The van der Waals surface area contributed by atoms with E-state index < -0.39 is 0 Å². The maximum Gasteiger partial charge on any atom is 0.254 e. The maximum absolute atomic E-state index is 13.3. The van der Waals surface area contributed by atoms with Crippen molar-refractivity contribution in [2.45, 2.75) is 25.3 Å². The largest absolute Gasteiger partial charge is 0.496 e. The van der Waals surface area contributed by atoms with Gasteiger partial charge in [0, 0.05) is 24.2 Å². The van der Waals surface area contributed by atoms with Crippen LogP contribution in [-0.2, 0) is 0 Å². The molecule has 1 aliphatic heterocycles. The first kappa shape index (κ1) is 20.7. The van der Waals surface area contributed by atoms with Crippen molar-refractivity contribution in [3.05, 3.63) is 75.8 Å². The second kappa shape index (κ2) is 8.64. The minimum Gasteiger partial charge on any atom is -0.496 e. The average Bonchev–Trinajstić information content (AvgIpc) is 3.51. The number of amides is 2. The lowest BCUT2D eigenvalue weighted by molar-refractivity contribution is 0.0737. The van der Waals surface area contributed by atoms with E-state index in [1.807, 2.05) is 35.2 Å². The Morgan fingerprint density at radius 1 is 1.20 bits per heavy atom. The highest BCUT2D eigenvalue weighted by atomic mass is 79.9. The molecule has 1 aliphatic carbocycles. The average molecular weight is 469 g/mol. The van der Waals surface area contributed by atoms with Gasteiger partial charge in [-0.1, -0.05) is 24.3 Å². The van der Waals surface area contributed by atoms with Crippen LogP contribution in [0.3, 0.4) is 0 Å². The Balaban J connectivity index is 1.56. The molecule has 4 rings (SSSR count). The van der Waals surface area contributed by atoms with Gasteiger partial charge in [0.05, 0.1) is 17.6 Å². The molecule has 0 radical (unpaired) electrons. The number of nitrogens with one attached hydrogen (secondary N) is 1. The van der Waals surface area contributed by atoms with Crippen molar-refractivity contribution in [1.82, 2.24) is 10.2 Å². The first-order valence-electron chi connectivity index (χ1n) is 10.2. The second-order valence-electron chi connectivity index (χ2n) is 8.03. The van der Waals surface area contributed by atoms with Gasteiger partial charge in [-0.25, -0.2) is 0 Å². The Hall–Kier alpha value is -2.60. The maximum atomic E-state index is 13.3. The van der Waals surface area contributed by atoms with Crippen LogP contribution in [0.25, 0.3) is 0 Å². The fourth-order valence-corrected chi connectivity index (χ4v) is 4.23. The molecule has 0 aromatic heterocycles. The number of nitrogens with zero attached hydrogens (tertiary/aromatic N) is 1. The summed E-state index contributed by atoms with van der Waals surface area (Å²) in [4.78, 5) is 27.6. The lowest BCUT2D eigenvalue weighted by atomic mass is 10.00. The van der Waals surface area contributed by atoms with Gasteiger partial charge in [0.25, 0.3) is 11.8 Å². The van der Waals surface area contributed by atoms with Crippen LogP contribution < -0.4 is 10.1 Å². The van der Waals surface area contributed by atoms with Crippen LogP contribution in [0.4, 0.5) is 0 Å². The van der Waals surface area contributed by atoms with E-state index in [0.717, 1.165) is 22.2 Å². The molecule has 1 N–H and O–H groups in total. The third-order valence-corrected chi connectivity index (χ3v) is 6.35.